The van der Waals surface area contributed by atoms with E-state index in [9.17, 15) is 21.6 Å². The minimum Gasteiger partial charge on any atom is -0.468 e. The molecule has 2 N–H and O–H groups in total. The molecule has 2 rings (SSSR count). The molecule has 6 nitrogen and oxygen atoms in total. The number of halogens is 3. The molecular weight excluding hydrogens is 335 g/mol. The first-order valence-electron chi connectivity index (χ1n) is 7.12. The molecule has 0 radical (unpaired) electrons. The lowest BCUT2D eigenvalue weighted by molar-refractivity contribution is -0.154. The minimum atomic E-state index is -4.47. The van der Waals surface area contributed by atoms with E-state index in [4.69, 9.17) is 0 Å². The molecule has 0 bridgehead atoms. The van der Waals surface area contributed by atoms with Crippen molar-refractivity contribution in [1.29, 1.82) is 0 Å². The molecule has 1 saturated heterocycles. The fourth-order valence-corrected chi connectivity index (χ4v) is 3.20. The highest BCUT2D eigenvalue weighted by molar-refractivity contribution is 7.89. The fourth-order valence-electron chi connectivity index (χ4n) is 2.21. The van der Waals surface area contributed by atoms with E-state index in [2.05, 4.69) is 19.8 Å². The average molecular weight is 353 g/mol. The van der Waals surface area contributed by atoms with E-state index in [0.717, 1.165) is 44.3 Å². The van der Waals surface area contributed by atoms with Gasteiger partial charge in [0.25, 0.3) is 0 Å². The molecule has 1 aliphatic rings. The summed E-state index contributed by atoms with van der Waals surface area (Å²) < 4.78 is 67.0. The summed E-state index contributed by atoms with van der Waals surface area (Å²) in [7, 11) is -3.72. The lowest BCUT2D eigenvalue weighted by Gasteiger charge is -2.11. The van der Waals surface area contributed by atoms with Crippen molar-refractivity contribution in [2.75, 3.05) is 26.2 Å². The van der Waals surface area contributed by atoms with Crippen molar-refractivity contribution >= 4 is 10.0 Å². The van der Waals surface area contributed by atoms with Gasteiger partial charge in [0.2, 0.25) is 15.9 Å². The smallest absolute Gasteiger partial charge is 0.422 e. The molecule has 0 aromatic carbocycles. The van der Waals surface area contributed by atoms with Crippen LogP contribution in [0.2, 0.25) is 0 Å². The average Bonchev–Trinajstić information content (AvgIpc) is 2.98. The molecule has 1 unspecified atom stereocenters. The largest absolute Gasteiger partial charge is 0.468 e. The fraction of sp³-hybridized carbons (Fsp3) is 0.615. The molecule has 0 spiro atoms. The third kappa shape index (κ3) is 5.96. The van der Waals surface area contributed by atoms with Crippen LogP contribution in [-0.2, 0) is 10.0 Å². The molecule has 1 atom stereocenters. The molecule has 1 aliphatic heterocycles. The van der Waals surface area contributed by atoms with Gasteiger partial charge in [0, 0.05) is 12.6 Å². The summed E-state index contributed by atoms with van der Waals surface area (Å²) in [5, 5.41) is 3.20. The Hall–Kier alpha value is -1.39. The number of nitrogens with one attached hydrogen (secondary N) is 2. The van der Waals surface area contributed by atoms with Crippen molar-refractivity contribution in [3.8, 4) is 5.88 Å². The number of ether oxygens (including phenoxy) is 1. The molecule has 23 heavy (non-hydrogen) atoms. The Kier molecular flexibility index (Phi) is 5.82. The molecule has 0 amide bonds. The number of hydrogen-bond donors (Lipinski definition) is 2. The number of alkyl halides is 3. The second-order valence-corrected chi connectivity index (χ2v) is 7.05. The summed E-state index contributed by atoms with van der Waals surface area (Å²) in [6.07, 6.45) is -1.74. The van der Waals surface area contributed by atoms with Crippen LogP contribution in [0.4, 0.5) is 13.2 Å². The van der Waals surface area contributed by atoms with Gasteiger partial charge in [-0.05, 0) is 37.9 Å². The second-order valence-electron chi connectivity index (χ2n) is 5.28. The van der Waals surface area contributed by atoms with Gasteiger partial charge in [0.05, 0.1) is 6.20 Å². The summed E-state index contributed by atoms with van der Waals surface area (Å²) in [5.41, 5.74) is 0. The highest BCUT2D eigenvalue weighted by Crippen LogP contribution is 2.18. The predicted molar refractivity (Wildman–Crippen MR) is 76.6 cm³/mol. The molecule has 1 fully saturated rings. The van der Waals surface area contributed by atoms with Gasteiger partial charge in [-0.1, -0.05) is 0 Å². The summed E-state index contributed by atoms with van der Waals surface area (Å²) in [6, 6.07) is 2.26. The number of nitrogens with zero attached hydrogens (tertiary/aromatic N) is 1. The number of rotatable bonds is 7. The molecule has 130 valence electrons. The van der Waals surface area contributed by atoms with Crippen LogP contribution in [0.1, 0.15) is 12.8 Å². The van der Waals surface area contributed by atoms with Crippen LogP contribution >= 0.6 is 0 Å². The van der Waals surface area contributed by atoms with Crippen molar-refractivity contribution in [3.63, 3.8) is 0 Å². The third-order valence-electron chi connectivity index (χ3n) is 3.41. The van der Waals surface area contributed by atoms with Crippen molar-refractivity contribution in [1.82, 2.24) is 15.0 Å². The molecule has 2 heterocycles. The maximum absolute atomic E-state index is 12.0. The first-order chi connectivity index (χ1) is 10.8. The second kappa shape index (κ2) is 7.45. The van der Waals surface area contributed by atoms with Crippen LogP contribution in [0.3, 0.4) is 0 Å². The van der Waals surface area contributed by atoms with Crippen molar-refractivity contribution < 1.29 is 26.3 Å². The Morgan fingerprint density at radius 1 is 1.39 bits per heavy atom. The SMILES string of the molecule is O=S(=O)(NCCC1CCNC1)c1ccc(OCC(F)(F)F)nc1. The van der Waals surface area contributed by atoms with E-state index in [1.54, 1.807) is 0 Å². The number of sulfonamides is 1. The van der Waals surface area contributed by atoms with Gasteiger partial charge in [0.1, 0.15) is 4.90 Å². The van der Waals surface area contributed by atoms with Crippen LogP contribution in [0, 0.1) is 5.92 Å². The predicted octanol–water partition coefficient (Wildman–Crippen LogP) is 1.30. The van der Waals surface area contributed by atoms with Gasteiger partial charge < -0.3 is 10.1 Å². The first kappa shape index (κ1) is 18.0. The summed E-state index contributed by atoms with van der Waals surface area (Å²) in [5.74, 6) is 0.173. The maximum Gasteiger partial charge on any atom is 0.422 e. The van der Waals surface area contributed by atoms with Gasteiger partial charge in [-0.3, -0.25) is 0 Å². The topological polar surface area (TPSA) is 80.3 Å². The zero-order valence-corrected chi connectivity index (χ0v) is 13.1. The van der Waals surface area contributed by atoms with Crippen LogP contribution in [0.5, 0.6) is 5.88 Å². The van der Waals surface area contributed by atoms with Gasteiger partial charge >= 0.3 is 6.18 Å². The molecule has 0 aliphatic carbocycles. The van der Waals surface area contributed by atoms with Gasteiger partial charge in [-0.2, -0.15) is 13.2 Å². The summed E-state index contributed by atoms with van der Waals surface area (Å²) in [6.45, 7) is 0.663. The molecular formula is C13H18F3N3O3S. The van der Waals surface area contributed by atoms with Crippen LogP contribution in [0.25, 0.3) is 0 Å². The Balaban J connectivity index is 1.86. The van der Waals surface area contributed by atoms with E-state index in [1.165, 1.54) is 0 Å². The number of hydrogen-bond acceptors (Lipinski definition) is 5. The number of pyridine rings is 1. The first-order valence-corrected chi connectivity index (χ1v) is 8.60. The van der Waals surface area contributed by atoms with Gasteiger partial charge in [-0.25, -0.2) is 18.1 Å². The Morgan fingerprint density at radius 3 is 2.74 bits per heavy atom. The standard InChI is InChI=1S/C13H18F3N3O3S/c14-13(15,16)9-22-12-2-1-11(8-18-12)23(20,21)19-6-4-10-3-5-17-7-10/h1-2,8,10,17,19H,3-7,9H2. The van der Waals surface area contributed by atoms with E-state index in [-0.39, 0.29) is 10.8 Å². The molecule has 1 aromatic rings. The Labute approximate surface area is 132 Å². The maximum atomic E-state index is 12.0. The zero-order valence-electron chi connectivity index (χ0n) is 12.3. The van der Waals surface area contributed by atoms with Crippen LogP contribution in [0.15, 0.2) is 23.2 Å². The van der Waals surface area contributed by atoms with Gasteiger partial charge in [0.15, 0.2) is 6.61 Å². The summed E-state index contributed by atoms with van der Waals surface area (Å²) in [4.78, 5) is 3.47. The molecule has 0 saturated carbocycles. The molecule has 1 aromatic heterocycles. The van der Waals surface area contributed by atoms with Crippen LogP contribution < -0.4 is 14.8 Å². The lowest BCUT2D eigenvalue weighted by Crippen LogP contribution is -2.26. The third-order valence-corrected chi connectivity index (χ3v) is 4.86. The highest BCUT2D eigenvalue weighted by Gasteiger charge is 2.28. The van der Waals surface area contributed by atoms with Crippen molar-refractivity contribution in [2.45, 2.75) is 23.9 Å². The van der Waals surface area contributed by atoms with E-state index >= 15 is 0 Å². The van der Waals surface area contributed by atoms with E-state index < -0.39 is 22.8 Å². The summed E-state index contributed by atoms with van der Waals surface area (Å²) >= 11 is 0. The zero-order chi connectivity index (χ0) is 16.9. The normalized spacial score (nSPS) is 19.0. The highest BCUT2D eigenvalue weighted by atomic mass is 32.2. The Bertz CT molecular complexity index is 599. The van der Waals surface area contributed by atoms with Crippen LogP contribution in [-0.4, -0.2) is 45.8 Å². The van der Waals surface area contributed by atoms with Crippen molar-refractivity contribution in [2.24, 2.45) is 5.92 Å². The van der Waals surface area contributed by atoms with Crippen molar-refractivity contribution in [3.05, 3.63) is 18.3 Å². The van der Waals surface area contributed by atoms with E-state index in [1.807, 2.05) is 0 Å². The molecule has 10 heteroatoms. The Morgan fingerprint density at radius 2 is 2.17 bits per heavy atom. The monoisotopic (exact) mass is 353 g/mol. The number of aromatic nitrogens is 1. The van der Waals surface area contributed by atoms with E-state index in [0.29, 0.717) is 12.5 Å². The minimum absolute atomic E-state index is 0.110. The lowest BCUT2D eigenvalue weighted by atomic mass is 10.1. The van der Waals surface area contributed by atoms with Gasteiger partial charge in [-0.15, -0.1) is 0 Å². The quantitative estimate of drug-likeness (QED) is 0.772.